The van der Waals surface area contributed by atoms with Gasteiger partial charge in [0.2, 0.25) is 0 Å². The molecule has 102 valence electrons. The van der Waals surface area contributed by atoms with Crippen molar-refractivity contribution in [2.45, 2.75) is 0 Å². The second-order valence-corrected chi connectivity index (χ2v) is 5.50. The number of nitriles is 1. The molecule has 0 aliphatic heterocycles. The van der Waals surface area contributed by atoms with Crippen LogP contribution in [0, 0.1) is 11.3 Å². The highest BCUT2D eigenvalue weighted by molar-refractivity contribution is 9.10. The summed E-state index contributed by atoms with van der Waals surface area (Å²) in [6, 6.07) is 19.1. The molecule has 0 unspecified atom stereocenters. The summed E-state index contributed by atoms with van der Waals surface area (Å²) in [4.78, 5) is 0. The Bertz CT molecular complexity index is 868. The summed E-state index contributed by atoms with van der Waals surface area (Å²) in [5, 5.41) is 11.2. The largest absolute Gasteiger partial charge is 0.455 e. The molecule has 0 saturated heterocycles. The van der Waals surface area contributed by atoms with Gasteiger partial charge in [-0.2, -0.15) is 5.26 Å². The molecule has 0 amide bonds. The summed E-state index contributed by atoms with van der Waals surface area (Å²) >= 11 is 3.45. The van der Waals surface area contributed by atoms with Crippen molar-refractivity contribution in [3.63, 3.8) is 0 Å². The Balaban J connectivity index is 1.99. The first-order valence-corrected chi connectivity index (χ1v) is 7.12. The number of rotatable bonds is 2. The Labute approximate surface area is 130 Å². The molecule has 0 aromatic heterocycles. The fourth-order valence-corrected chi connectivity index (χ4v) is 2.49. The number of para-hydroxylation sites is 1. The number of nitrogens with two attached hydrogens (primary N) is 1. The highest BCUT2D eigenvalue weighted by Crippen LogP contribution is 2.31. The summed E-state index contributed by atoms with van der Waals surface area (Å²) in [6.45, 7) is 0. The molecule has 0 bridgehead atoms. The van der Waals surface area contributed by atoms with Crippen LogP contribution in [-0.2, 0) is 0 Å². The lowest BCUT2D eigenvalue weighted by Crippen LogP contribution is -1.95. The van der Waals surface area contributed by atoms with Crippen LogP contribution in [0.3, 0.4) is 0 Å². The number of nitrogen functional groups attached to an aromatic ring is 1. The van der Waals surface area contributed by atoms with Gasteiger partial charge in [0.25, 0.3) is 0 Å². The maximum atomic E-state index is 8.99. The van der Waals surface area contributed by atoms with Crippen LogP contribution in [0.1, 0.15) is 5.56 Å². The van der Waals surface area contributed by atoms with E-state index < -0.39 is 0 Å². The van der Waals surface area contributed by atoms with Gasteiger partial charge in [-0.15, -0.1) is 0 Å². The molecule has 0 aliphatic rings. The molecule has 3 rings (SSSR count). The molecule has 0 radical (unpaired) electrons. The van der Waals surface area contributed by atoms with Gasteiger partial charge >= 0.3 is 0 Å². The van der Waals surface area contributed by atoms with E-state index >= 15 is 0 Å². The lowest BCUT2D eigenvalue weighted by atomic mass is 10.1. The number of anilines is 1. The fourth-order valence-electron chi connectivity index (χ4n) is 2.12. The zero-order chi connectivity index (χ0) is 14.8. The summed E-state index contributed by atoms with van der Waals surface area (Å²) in [6.07, 6.45) is 0. The maximum absolute atomic E-state index is 8.99. The average molecular weight is 339 g/mol. The third-order valence-electron chi connectivity index (χ3n) is 3.19. The van der Waals surface area contributed by atoms with Crippen molar-refractivity contribution < 1.29 is 4.74 Å². The van der Waals surface area contributed by atoms with E-state index in [1.165, 1.54) is 0 Å². The summed E-state index contributed by atoms with van der Waals surface area (Å²) in [5.74, 6) is 1.18. The van der Waals surface area contributed by atoms with Crippen molar-refractivity contribution >= 4 is 32.4 Å². The monoisotopic (exact) mass is 338 g/mol. The van der Waals surface area contributed by atoms with Gasteiger partial charge in [0.15, 0.2) is 5.75 Å². The Morgan fingerprint density at radius 1 is 1.00 bits per heavy atom. The Morgan fingerprint density at radius 2 is 1.76 bits per heavy atom. The van der Waals surface area contributed by atoms with Crippen LogP contribution in [-0.4, -0.2) is 0 Å². The van der Waals surface area contributed by atoms with E-state index in [-0.39, 0.29) is 0 Å². The van der Waals surface area contributed by atoms with Crippen molar-refractivity contribution in [1.82, 2.24) is 0 Å². The van der Waals surface area contributed by atoms with E-state index in [9.17, 15) is 0 Å². The van der Waals surface area contributed by atoms with Crippen LogP contribution < -0.4 is 10.5 Å². The zero-order valence-corrected chi connectivity index (χ0v) is 12.6. The second kappa shape index (κ2) is 5.47. The first-order valence-electron chi connectivity index (χ1n) is 6.33. The molecule has 0 atom stereocenters. The van der Waals surface area contributed by atoms with Gasteiger partial charge in [-0.1, -0.05) is 34.1 Å². The van der Waals surface area contributed by atoms with Gasteiger partial charge in [-0.05, 0) is 47.2 Å². The van der Waals surface area contributed by atoms with Crippen molar-refractivity contribution in [3.8, 4) is 17.6 Å². The molecule has 3 aromatic carbocycles. The first-order chi connectivity index (χ1) is 10.2. The number of ether oxygens (including phenoxy) is 1. The van der Waals surface area contributed by atoms with E-state index in [1.54, 1.807) is 18.2 Å². The molecule has 0 fully saturated rings. The van der Waals surface area contributed by atoms with Crippen molar-refractivity contribution in [2.75, 3.05) is 5.73 Å². The number of hydrogen-bond donors (Lipinski definition) is 1. The normalized spacial score (nSPS) is 10.3. The van der Waals surface area contributed by atoms with E-state index in [2.05, 4.69) is 15.9 Å². The lowest BCUT2D eigenvalue weighted by Gasteiger charge is -2.10. The number of fused-ring (bicyclic) bond motifs is 1. The summed E-state index contributed by atoms with van der Waals surface area (Å²) in [7, 11) is 0. The summed E-state index contributed by atoms with van der Waals surface area (Å²) < 4.78 is 6.84. The summed E-state index contributed by atoms with van der Waals surface area (Å²) in [5.41, 5.74) is 6.69. The van der Waals surface area contributed by atoms with Gasteiger partial charge in [0, 0.05) is 4.47 Å². The van der Waals surface area contributed by atoms with Gasteiger partial charge in [0.1, 0.15) is 11.8 Å². The Morgan fingerprint density at radius 3 is 2.57 bits per heavy atom. The lowest BCUT2D eigenvalue weighted by molar-refractivity contribution is 0.485. The van der Waals surface area contributed by atoms with Crippen LogP contribution >= 0.6 is 15.9 Å². The minimum Gasteiger partial charge on any atom is -0.455 e. The van der Waals surface area contributed by atoms with Gasteiger partial charge < -0.3 is 10.5 Å². The van der Waals surface area contributed by atoms with Crippen LogP contribution in [0.5, 0.6) is 11.5 Å². The molecule has 0 heterocycles. The smallest absolute Gasteiger partial charge is 0.151 e. The molecule has 3 aromatic rings. The molecular formula is C17H11BrN2O. The third-order valence-corrected chi connectivity index (χ3v) is 3.68. The molecule has 0 spiro atoms. The minimum atomic E-state index is 0.357. The van der Waals surface area contributed by atoms with E-state index in [1.807, 2.05) is 42.5 Å². The Hall–Kier alpha value is -2.51. The van der Waals surface area contributed by atoms with E-state index in [0.29, 0.717) is 22.7 Å². The van der Waals surface area contributed by atoms with E-state index in [4.69, 9.17) is 15.7 Å². The predicted molar refractivity (Wildman–Crippen MR) is 87.3 cm³/mol. The zero-order valence-electron chi connectivity index (χ0n) is 11.0. The van der Waals surface area contributed by atoms with Crippen molar-refractivity contribution in [1.29, 1.82) is 5.26 Å². The van der Waals surface area contributed by atoms with Gasteiger partial charge in [-0.25, -0.2) is 0 Å². The molecule has 2 N–H and O–H groups in total. The van der Waals surface area contributed by atoms with Crippen LogP contribution in [0.2, 0.25) is 0 Å². The van der Waals surface area contributed by atoms with Gasteiger partial charge in [-0.3, -0.25) is 0 Å². The van der Waals surface area contributed by atoms with Gasteiger partial charge in [0.05, 0.1) is 11.3 Å². The average Bonchev–Trinajstić information content (AvgIpc) is 2.49. The topological polar surface area (TPSA) is 59.0 Å². The second-order valence-electron chi connectivity index (χ2n) is 4.58. The highest BCUT2D eigenvalue weighted by Gasteiger charge is 2.07. The SMILES string of the molecule is N#Cc1cccc(Oc2ccc3cc(Br)ccc3c2)c1N. The number of benzene rings is 3. The molecule has 3 nitrogen and oxygen atoms in total. The fraction of sp³-hybridized carbons (Fsp3) is 0. The molecule has 4 heteroatoms. The minimum absolute atomic E-state index is 0.357. The first kappa shape index (κ1) is 13.5. The maximum Gasteiger partial charge on any atom is 0.151 e. The molecular weight excluding hydrogens is 328 g/mol. The predicted octanol–water partition coefficient (Wildman–Crippen LogP) is 4.85. The van der Waals surface area contributed by atoms with Crippen LogP contribution in [0.15, 0.2) is 59.1 Å². The standard InChI is InChI=1S/C17H11BrN2O/c18-14-6-4-12-9-15(7-5-11(12)8-14)21-16-3-1-2-13(10-19)17(16)20/h1-9H,20H2. The molecule has 0 saturated carbocycles. The van der Waals surface area contributed by atoms with Crippen molar-refractivity contribution in [2.24, 2.45) is 0 Å². The quantitative estimate of drug-likeness (QED) is 0.679. The molecule has 21 heavy (non-hydrogen) atoms. The molecule has 0 aliphatic carbocycles. The highest BCUT2D eigenvalue weighted by atomic mass is 79.9. The Kier molecular flexibility index (Phi) is 3.51. The van der Waals surface area contributed by atoms with Crippen LogP contribution in [0.25, 0.3) is 10.8 Å². The third kappa shape index (κ3) is 2.69. The number of nitrogens with zero attached hydrogens (tertiary/aromatic N) is 1. The van der Waals surface area contributed by atoms with Crippen molar-refractivity contribution in [3.05, 3.63) is 64.6 Å². The van der Waals surface area contributed by atoms with Crippen LogP contribution in [0.4, 0.5) is 5.69 Å². The van der Waals surface area contributed by atoms with E-state index in [0.717, 1.165) is 15.2 Å². The number of hydrogen-bond acceptors (Lipinski definition) is 3. The number of halogens is 1.